The third kappa shape index (κ3) is 4.64. The van der Waals surface area contributed by atoms with Crippen LogP contribution in [0.5, 0.6) is 0 Å². The van der Waals surface area contributed by atoms with Crippen LogP contribution in [0.2, 0.25) is 0 Å². The Morgan fingerprint density at radius 3 is 2.41 bits per heavy atom. The lowest BCUT2D eigenvalue weighted by atomic mass is 10.2. The summed E-state index contributed by atoms with van der Waals surface area (Å²) in [6.45, 7) is 6.32. The van der Waals surface area contributed by atoms with Crippen molar-refractivity contribution in [2.75, 3.05) is 5.75 Å². The van der Waals surface area contributed by atoms with E-state index in [0.717, 1.165) is 17.0 Å². The van der Waals surface area contributed by atoms with E-state index in [0.29, 0.717) is 11.4 Å². The van der Waals surface area contributed by atoms with Gasteiger partial charge in [0.15, 0.2) is 9.84 Å². The Morgan fingerprint density at radius 1 is 1.09 bits per heavy atom. The van der Waals surface area contributed by atoms with Crippen LogP contribution in [0.4, 0.5) is 0 Å². The number of aryl methyl sites for hydroxylation is 2. The first-order chi connectivity index (χ1) is 10.4. The molecular weight excluding hydrogens is 296 g/mol. The summed E-state index contributed by atoms with van der Waals surface area (Å²) in [5, 5.41) is 3.22. The molecule has 4 nitrogen and oxygen atoms in total. The first kappa shape index (κ1) is 16.6. The molecule has 0 aliphatic carbocycles. The molecule has 0 saturated heterocycles. The fourth-order valence-corrected chi connectivity index (χ4v) is 3.73. The molecule has 1 N–H and O–H groups in total. The van der Waals surface area contributed by atoms with Crippen LogP contribution in [0.15, 0.2) is 47.4 Å². The molecule has 118 valence electrons. The Labute approximate surface area is 132 Å². The van der Waals surface area contributed by atoms with Crippen LogP contribution in [-0.4, -0.2) is 25.2 Å². The van der Waals surface area contributed by atoms with Gasteiger partial charge in [0.25, 0.3) is 0 Å². The number of benzene rings is 1. The maximum atomic E-state index is 12.4. The van der Waals surface area contributed by atoms with E-state index in [1.807, 2.05) is 51.1 Å². The van der Waals surface area contributed by atoms with E-state index in [9.17, 15) is 8.42 Å². The number of nitrogens with zero attached hydrogens (tertiary/aromatic N) is 1. The molecule has 0 aliphatic heterocycles. The summed E-state index contributed by atoms with van der Waals surface area (Å²) < 4.78 is 24.7. The fraction of sp³-hybridized carbons (Fsp3) is 0.353. The molecule has 0 bridgehead atoms. The van der Waals surface area contributed by atoms with E-state index in [2.05, 4.69) is 10.3 Å². The van der Waals surface area contributed by atoms with Crippen molar-refractivity contribution in [3.63, 3.8) is 0 Å². The summed E-state index contributed by atoms with van der Waals surface area (Å²) in [5.74, 6) is 0.0713. The molecule has 0 fully saturated rings. The van der Waals surface area contributed by atoms with Gasteiger partial charge in [-0.3, -0.25) is 4.98 Å². The van der Waals surface area contributed by atoms with Gasteiger partial charge in [-0.1, -0.05) is 23.8 Å². The lowest BCUT2D eigenvalue weighted by Crippen LogP contribution is -2.32. The molecule has 2 rings (SSSR count). The van der Waals surface area contributed by atoms with E-state index < -0.39 is 9.84 Å². The standard InChI is InChI=1S/C17H22N2O2S/c1-13-7-9-17(10-8-13)22(20,21)12-15(3)18-11-16-6-4-5-14(2)19-16/h4-10,15,18H,11-12H2,1-3H3/t15-/m0/s1. The van der Waals surface area contributed by atoms with E-state index in [4.69, 9.17) is 0 Å². The number of hydrogen-bond donors (Lipinski definition) is 1. The largest absolute Gasteiger partial charge is 0.308 e. The van der Waals surface area contributed by atoms with Crippen molar-refractivity contribution >= 4 is 9.84 Å². The minimum Gasteiger partial charge on any atom is -0.308 e. The molecule has 1 aromatic carbocycles. The zero-order valence-corrected chi connectivity index (χ0v) is 14.0. The van der Waals surface area contributed by atoms with Gasteiger partial charge >= 0.3 is 0 Å². The maximum absolute atomic E-state index is 12.4. The molecule has 5 heteroatoms. The SMILES string of the molecule is Cc1ccc(S(=O)(=O)C[C@H](C)NCc2cccc(C)n2)cc1. The van der Waals surface area contributed by atoms with Crippen LogP contribution < -0.4 is 5.32 Å². The third-order valence-electron chi connectivity index (χ3n) is 3.43. The normalized spacial score (nSPS) is 13.0. The predicted octanol–water partition coefficient (Wildman–Crippen LogP) is 2.65. The van der Waals surface area contributed by atoms with Crippen molar-refractivity contribution in [1.29, 1.82) is 0 Å². The number of aromatic nitrogens is 1. The lowest BCUT2D eigenvalue weighted by molar-refractivity contribution is 0.552. The molecule has 2 aromatic rings. The van der Waals surface area contributed by atoms with Crippen LogP contribution in [0.1, 0.15) is 23.9 Å². The van der Waals surface area contributed by atoms with Gasteiger partial charge in [0.1, 0.15) is 0 Å². The highest BCUT2D eigenvalue weighted by molar-refractivity contribution is 7.91. The molecule has 0 saturated carbocycles. The van der Waals surface area contributed by atoms with Gasteiger partial charge in [-0.05, 0) is 45.0 Å². The molecule has 22 heavy (non-hydrogen) atoms. The van der Waals surface area contributed by atoms with Gasteiger partial charge in [-0.25, -0.2) is 8.42 Å². The minimum absolute atomic E-state index is 0.0713. The van der Waals surface area contributed by atoms with E-state index >= 15 is 0 Å². The second-order valence-electron chi connectivity index (χ2n) is 5.65. The van der Waals surface area contributed by atoms with Gasteiger partial charge in [0.05, 0.1) is 16.3 Å². The van der Waals surface area contributed by atoms with E-state index in [1.165, 1.54) is 0 Å². The Hall–Kier alpha value is -1.72. The van der Waals surface area contributed by atoms with E-state index in [-0.39, 0.29) is 11.8 Å². The second-order valence-corrected chi connectivity index (χ2v) is 7.68. The summed E-state index contributed by atoms with van der Waals surface area (Å²) >= 11 is 0. The lowest BCUT2D eigenvalue weighted by Gasteiger charge is -2.14. The summed E-state index contributed by atoms with van der Waals surface area (Å²) in [6, 6.07) is 12.7. The number of hydrogen-bond acceptors (Lipinski definition) is 4. The first-order valence-corrected chi connectivity index (χ1v) is 8.97. The van der Waals surface area contributed by atoms with Gasteiger partial charge in [-0.2, -0.15) is 0 Å². The highest BCUT2D eigenvalue weighted by Gasteiger charge is 2.18. The predicted molar refractivity (Wildman–Crippen MR) is 88.5 cm³/mol. The Morgan fingerprint density at radius 2 is 1.77 bits per heavy atom. The van der Waals surface area contributed by atoms with E-state index in [1.54, 1.807) is 12.1 Å². The number of pyridine rings is 1. The summed E-state index contributed by atoms with van der Waals surface area (Å²) in [7, 11) is -3.27. The van der Waals surface area contributed by atoms with Crippen LogP contribution in [-0.2, 0) is 16.4 Å². The summed E-state index contributed by atoms with van der Waals surface area (Å²) in [4.78, 5) is 4.77. The van der Waals surface area contributed by atoms with Crippen molar-refractivity contribution < 1.29 is 8.42 Å². The Balaban J connectivity index is 1.96. The van der Waals surface area contributed by atoms with Crippen molar-refractivity contribution in [2.45, 2.75) is 38.3 Å². The number of sulfone groups is 1. The molecule has 0 radical (unpaired) electrons. The molecule has 0 amide bonds. The van der Waals surface area contributed by atoms with Gasteiger partial charge in [0.2, 0.25) is 0 Å². The molecule has 0 aliphatic rings. The molecule has 1 aromatic heterocycles. The molecule has 1 heterocycles. The molecule has 1 atom stereocenters. The van der Waals surface area contributed by atoms with Gasteiger partial charge in [0, 0.05) is 18.3 Å². The quantitative estimate of drug-likeness (QED) is 0.889. The number of rotatable bonds is 6. The monoisotopic (exact) mass is 318 g/mol. The average molecular weight is 318 g/mol. The van der Waals surface area contributed by atoms with Crippen LogP contribution in [0, 0.1) is 13.8 Å². The van der Waals surface area contributed by atoms with Crippen LogP contribution in [0.25, 0.3) is 0 Å². The Kier molecular flexibility index (Phi) is 5.32. The smallest absolute Gasteiger partial charge is 0.179 e. The molecule has 0 unspecified atom stereocenters. The Bertz CT molecular complexity index is 725. The zero-order valence-electron chi connectivity index (χ0n) is 13.2. The number of nitrogens with one attached hydrogen (secondary N) is 1. The maximum Gasteiger partial charge on any atom is 0.179 e. The molecular formula is C17H22N2O2S. The summed E-state index contributed by atoms with van der Waals surface area (Å²) in [5.41, 5.74) is 2.93. The van der Waals surface area contributed by atoms with Gasteiger partial charge < -0.3 is 5.32 Å². The fourth-order valence-electron chi connectivity index (χ4n) is 2.21. The minimum atomic E-state index is -3.27. The third-order valence-corrected chi connectivity index (χ3v) is 5.36. The molecule has 0 spiro atoms. The highest BCUT2D eigenvalue weighted by Crippen LogP contribution is 2.13. The topological polar surface area (TPSA) is 59.1 Å². The van der Waals surface area contributed by atoms with Crippen molar-refractivity contribution in [3.05, 3.63) is 59.4 Å². The van der Waals surface area contributed by atoms with Crippen molar-refractivity contribution in [3.8, 4) is 0 Å². The zero-order chi connectivity index (χ0) is 16.2. The summed E-state index contributed by atoms with van der Waals surface area (Å²) in [6.07, 6.45) is 0. The first-order valence-electron chi connectivity index (χ1n) is 7.32. The van der Waals surface area contributed by atoms with Crippen LogP contribution in [0.3, 0.4) is 0 Å². The highest BCUT2D eigenvalue weighted by atomic mass is 32.2. The van der Waals surface area contributed by atoms with Gasteiger partial charge in [-0.15, -0.1) is 0 Å². The average Bonchev–Trinajstić information content (AvgIpc) is 2.45. The second kappa shape index (κ2) is 7.03. The van der Waals surface area contributed by atoms with Crippen LogP contribution >= 0.6 is 0 Å². The van der Waals surface area contributed by atoms with Crippen molar-refractivity contribution in [2.24, 2.45) is 0 Å². The van der Waals surface area contributed by atoms with Crippen molar-refractivity contribution in [1.82, 2.24) is 10.3 Å².